The van der Waals surface area contributed by atoms with Crippen LogP contribution in [0, 0.1) is 22.0 Å². The highest BCUT2D eigenvalue weighted by atomic mass is 16.6. The molecule has 0 amide bonds. The maximum absolute atomic E-state index is 10.5. The van der Waals surface area contributed by atoms with Gasteiger partial charge in [-0.25, -0.2) is 0 Å². The molecule has 1 rings (SSSR count). The summed E-state index contributed by atoms with van der Waals surface area (Å²) in [7, 11) is 1.46. The minimum absolute atomic E-state index is 0.00324. The van der Waals surface area contributed by atoms with Gasteiger partial charge in [0.15, 0.2) is 0 Å². The molecule has 0 atom stereocenters. The monoisotopic (exact) mass is 191 g/mol. The third-order valence-electron chi connectivity index (χ3n) is 1.66. The van der Waals surface area contributed by atoms with E-state index in [2.05, 4.69) is 11.8 Å². The molecule has 0 N–H and O–H groups in total. The molecule has 0 heterocycles. The van der Waals surface area contributed by atoms with Crippen LogP contribution in [-0.4, -0.2) is 12.0 Å². The Morgan fingerprint density at radius 1 is 1.50 bits per heavy atom. The normalized spacial score (nSPS) is 8.71. The molecule has 0 aromatic heterocycles. The van der Waals surface area contributed by atoms with E-state index in [-0.39, 0.29) is 5.69 Å². The first-order chi connectivity index (χ1) is 6.69. The van der Waals surface area contributed by atoms with Crippen molar-refractivity contribution >= 4 is 5.69 Å². The lowest BCUT2D eigenvalue weighted by atomic mass is 10.2. The van der Waals surface area contributed by atoms with E-state index in [0.29, 0.717) is 11.3 Å². The van der Waals surface area contributed by atoms with Crippen molar-refractivity contribution < 1.29 is 9.66 Å². The number of rotatable bonds is 2. The van der Waals surface area contributed by atoms with Gasteiger partial charge in [0.05, 0.1) is 23.7 Å². The van der Waals surface area contributed by atoms with E-state index in [4.69, 9.17) is 4.74 Å². The summed E-state index contributed by atoms with van der Waals surface area (Å²) in [5.74, 6) is 5.93. The molecule has 4 nitrogen and oxygen atoms in total. The maximum atomic E-state index is 10.5. The van der Waals surface area contributed by atoms with Gasteiger partial charge in [0, 0.05) is 6.07 Å². The number of hydrogen-bond donors (Lipinski definition) is 0. The smallest absolute Gasteiger partial charge is 0.273 e. The van der Waals surface area contributed by atoms with Gasteiger partial charge in [-0.15, -0.1) is 5.92 Å². The quantitative estimate of drug-likeness (QED) is 0.408. The van der Waals surface area contributed by atoms with E-state index in [1.54, 1.807) is 13.0 Å². The van der Waals surface area contributed by atoms with Crippen LogP contribution in [0.15, 0.2) is 18.2 Å². The Morgan fingerprint density at radius 3 is 2.71 bits per heavy atom. The Morgan fingerprint density at radius 2 is 2.21 bits per heavy atom. The van der Waals surface area contributed by atoms with Gasteiger partial charge < -0.3 is 4.74 Å². The molecule has 4 heteroatoms. The molecule has 14 heavy (non-hydrogen) atoms. The Bertz CT molecular complexity index is 415. The van der Waals surface area contributed by atoms with Crippen LogP contribution < -0.4 is 4.74 Å². The van der Waals surface area contributed by atoms with Gasteiger partial charge in [-0.2, -0.15) is 0 Å². The predicted molar refractivity (Wildman–Crippen MR) is 52.2 cm³/mol. The molecule has 0 spiro atoms. The van der Waals surface area contributed by atoms with E-state index in [0.717, 1.165) is 0 Å². The number of nitro groups is 1. The van der Waals surface area contributed by atoms with Crippen molar-refractivity contribution in [2.24, 2.45) is 0 Å². The van der Waals surface area contributed by atoms with E-state index in [1.807, 2.05) is 0 Å². The first-order valence-corrected chi connectivity index (χ1v) is 3.94. The third-order valence-corrected chi connectivity index (χ3v) is 1.66. The Labute approximate surface area is 81.7 Å². The van der Waals surface area contributed by atoms with Gasteiger partial charge in [-0.05, 0) is 13.0 Å². The minimum Gasteiger partial charge on any atom is -0.495 e. The first kappa shape index (κ1) is 10.1. The number of non-ortho nitro benzene ring substituents is 1. The lowest BCUT2D eigenvalue weighted by molar-refractivity contribution is -0.384. The second kappa shape index (κ2) is 4.28. The summed E-state index contributed by atoms with van der Waals surface area (Å²) >= 11 is 0. The molecule has 0 aliphatic rings. The molecule has 0 fully saturated rings. The fourth-order valence-corrected chi connectivity index (χ4v) is 1.03. The summed E-state index contributed by atoms with van der Waals surface area (Å²) in [6.07, 6.45) is 0. The van der Waals surface area contributed by atoms with Crippen LogP contribution in [0.4, 0.5) is 5.69 Å². The van der Waals surface area contributed by atoms with Crippen molar-refractivity contribution in [2.45, 2.75) is 6.92 Å². The summed E-state index contributed by atoms with van der Waals surface area (Å²) in [6.45, 7) is 1.70. The van der Waals surface area contributed by atoms with Gasteiger partial charge >= 0.3 is 0 Å². The molecule has 1 aromatic carbocycles. The molecule has 0 aliphatic carbocycles. The van der Waals surface area contributed by atoms with Crippen LogP contribution in [0.1, 0.15) is 12.5 Å². The van der Waals surface area contributed by atoms with Crippen molar-refractivity contribution in [3.05, 3.63) is 33.9 Å². The molecule has 1 aromatic rings. The fraction of sp³-hybridized carbons (Fsp3) is 0.200. The summed E-state index contributed by atoms with van der Waals surface area (Å²) in [5, 5.41) is 10.5. The van der Waals surface area contributed by atoms with Crippen LogP contribution in [0.2, 0.25) is 0 Å². The molecule has 0 saturated heterocycles. The number of benzene rings is 1. The second-order valence-electron chi connectivity index (χ2n) is 2.52. The third kappa shape index (κ3) is 2.02. The van der Waals surface area contributed by atoms with Crippen molar-refractivity contribution in [1.82, 2.24) is 0 Å². The largest absolute Gasteiger partial charge is 0.495 e. The van der Waals surface area contributed by atoms with E-state index < -0.39 is 4.92 Å². The van der Waals surface area contributed by atoms with Crippen molar-refractivity contribution in [3.8, 4) is 17.6 Å². The SMILES string of the molecule is CC#Cc1ccc([N+](=O)[O-])cc1OC. The maximum Gasteiger partial charge on any atom is 0.273 e. The molecule has 0 radical (unpaired) electrons. The van der Waals surface area contributed by atoms with Crippen molar-refractivity contribution in [1.29, 1.82) is 0 Å². The van der Waals surface area contributed by atoms with Gasteiger partial charge in [0.2, 0.25) is 0 Å². The molecular weight excluding hydrogens is 182 g/mol. The lowest BCUT2D eigenvalue weighted by Gasteiger charge is -2.01. The van der Waals surface area contributed by atoms with E-state index >= 15 is 0 Å². The highest BCUT2D eigenvalue weighted by Crippen LogP contribution is 2.23. The fourth-order valence-electron chi connectivity index (χ4n) is 1.03. The van der Waals surface area contributed by atoms with Crippen LogP contribution >= 0.6 is 0 Å². The van der Waals surface area contributed by atoms with Crippen LogP contribution in [0.25, 0.3) is 0 Å². The molecule has 0 aliphatic heterocycles. The van der Waals surface area contributed by atoms with Crippen LogP contribution in [0.5, 0.6) is 5.75 Å². The van der Waals surface area contributed by atoms with Gasteiger partial charge in [0.25, 0.3) is 5.69 Å². The zero-order valence-electron chi connectivity index (χ0n) is 7.90. The molecule has 0 saturated carbocycles. The molecular formula is C10H9NO3. The summed E-state index contributed by atoms with van der Waals surface area (Å²) in [4.78, 5) is 9.99. The van der Waals surface area contributed by atoms with E-state index in [9.17, 15) is 10.1 Å². The number of methoxy groups -OCH3 is 1. The zero-order valence-corrected chi connectivity index (χ0v) is 7.90. The number of nitro benzene ring substituents is 1. The first-order valence-electron chi connectivity index (χ1n) is 3.94. The molecule has 0 unspecified atom stereocenters. The van der Waals surface area contributed by atoms with E-state index in [1.165, 1.54) is 19.2 Å². The Hall–Kier alpha value is -2.02. The van der Waals surface area contributed by atoms with Crippen LogP contribution in [0.3, 0.4) is 0 Å². The predicted octanol–water partition coefficient (Wildman–Crippen LogP) is 1.97. The summed E-state index contributed by atoms with van der Waals surface area (Å²) in [6, 6.07) is 4.34. The Kier molecular flexibility index (Phi) is 3.08. The Balaban J connectivity index is 3.22. The lowest BCUT2D eigenvalue weighted by Crippen LogP contribution is -1.92. The van der Waals surface area contributed by atoms with Crippen molar-refractivity contribution in [2.75, 3.05) is 7.11 Å². The zero-order chi connectivity index (χ0) is 10.6. The van der Waals surface area contributed by atoms with Gasteiger partial charge in [-0.1, -0.05) is 5.92 Å². The average molecular weight is 191 g/mol. The average Bonchev–Trinajstić information content (AvgIpc) is 2.18. The summed E-state index contributed by atoms with van der Waals surface area (Å²) < 4.78 is 4.98. The van der Waals surface area contributed by atoms with Gasteiger partial charge in [-0.3, -0.25) is 10.1 Å². The standard InChI is InChI=1S/C10H9NO3/c1-3-4-8-5-6-9(11(12)13)7-10(8)14-2/h5-7H,1-2H3. The second-order valence-corrected chi connectivity index (χ2v) is 2.52. The summed E-state index contributed by atoms with van der Waals surface area (Å²) in [5.41, 5.74) is 0.657. The highest BCUT2D eigenvalue weighted by Gasteiger charge is 2.09. The van der Waals surface area contributed by atoms with Crippen LogP contribution in [-0.2, 0) is 0 Å². The highest BCUT2D eigenvalue weighted by molar-refractivity contribution is 5.51. The molecule has 0 bridgehead atoms. The number of ether oxygens (including phenoxy) is 1. The molecule has 72 valence electrons. The topological polar surface area (TPSA) is 52.4 Å². The number of nitrogens with zero attached hydrogens (tertiary/aromatic N) is 1. The van der Waals surface area contributed by atoms with Gasteiger partial charge in [0.1, 0.15) is 5.75 Å². The minimum atomic E-state index is -0.467. The number of hydrogen-bond acceptors (Lipinski definition) is 3. The van der Waals surface area contributed by atoms with Crippen molar-refractivity contribution in [3.63, 3.8) is 0 Å².